The maximum atomic E-state index is 15.2. The van der Waals surface area contributed by atoms with E-state index < -0.39 is 15.8 Å². The molecule has 1 aliphatic rings. The van der Waals surface area contributed by atoms with Gasteiger partial charge in [-0.25, -0.2) is 27.8 Å². The number of benzene rings is 1. The van der Waals surface area contributed by atoms with Crippen molar-refractivity contribution < 1.29 is 12.8 Å². The highest BCUT2D eigenvalue weighted by molar-refractivity contribution is 7.91. The summed E-state index contributed by atoms with van der Waals surface area (Å²) in [4.78, 5) is 13.5. The van der Waals surface area contributed by atoms with E-state index in [0.29, 0.717) is 22.5 Å². The summed E-state index contributed by atoms with van der Waals surface area (Å²) < 4.78 is 44.8. The fourth-order valence-electron chi connectivity index (χ4n) is 4.69. The van der Waals surface area contributed by atoms with Gasteiger partial charge in [-0.3, -0.25) is 9.12 Å². The van der Waals surface area contributed by atoms with Crippen LogP contribution in [-0.4, -0.2) is 33.8 Å². The van der Waals surface area contributed by atoms with Gasteiger partial charge >= 0.3 is 0 Å². The van der Waals surface area contributed by atoms with Gasteiger partial charge in [0.25, 0.3) is 0 Å². The molecule has 5 rings (SSSR count). The average Bonchev–Trinajstić information content (AvgIpc) is 3.45. The average molecular weight is 556 g/mol. The first kappa shape index (κ1) is 26.3. The first-order valence-electron chi connectivity index (χ1n) is 12.4. The zero-order valence-corrected chi connectivity index (χ0v) is 23.0. The second kappa shape index (κ2) is 10.1. The van der Waals surface area contributed by atoms with Gasteiger partial charge in [0.1, 0.15) is 34.4 Å². The number of nitrogens with zero attached hydrogens (tertiary/aromatic N) is 4. The number of fused-ring (bicyclic) bond motifs is 1. The topological polar surface area (TPSA) is 141 Å². The number of thiazole rings is 1. The van der Waals surface area contributed by atoms with Crippen molar-refractivity contribution in [3.8, 4) is 11.3 Å². The summed E-state index contributed by atoms with van der Waals surface area (Å²) in [7, 11) is -3.86. The number of imidazole rings is 1. The molecule has 1 atom stereocenters. The predicted molar refractivity (Wildman–Crippen MR) is 150 cm³/mol. The van der Waals surface area contributed by atoms with Gasteiger partial charge in [-0.2, -0.15) is 0 Å². The highest BCUT2D eigenvalue weighted by Crippen LogP contribution is 2.36. The van der Waals surface area contributed by atoms with Gasteiger partial charge in [-0.15, -0.1) is 11.3 Å². The third-order valence-corrected chi connectivity index (χ3v) is 8.55. The predicted octanol–water partition coefficient (Wildman–Crippen LogP) is 4.84. The monoisotopic (exact) mass is 555 g/mol. The van der Waals surface area contributed by atoms with Crippen LogP contribution in [0.2, 0.25) is 0 Å². The van der Waals surface area contributed by atoms with E-state index in [9.17, 15) is 8.42 Å². The number of nitrogens with one attached hydrogen (secondary N) is 1. The summed E-state index contributed by atoms with van der Waals surface area (Å²) in [5.41, 5.74) is 16.3. The van der Waals surface area contributed by atoms with E-state index in [4.69, 9.17) is 16.5 Å². The van der Waals surface area contributed by atoms with Crippen LogP contribution in [0.25, 0.3) is 22.3 Å². The molecule has 9 nitrogen and oxygen atoms in total. The summed E-state index contributed by atoms with van der Waals surface area (Å²) >= 11 is 1.36. The van der Waals surface area contributed by atoms with E-state index in [0.717, 1.165) is 41.4 Å². The summed E-state index contributed by atoms with van der Waals surface area (Å²) in [6.07, 6.45) is 6.37. The quantitative estimate of drug-likeness (QED) is 0.296. The highest BCUT2D eigenvalue weighted by Gasteiger charge is 2.24. The Morgan fingerprint density at radius 1 is 1.29 bits per heavy atom. The molecule has 38 heavy (non-hydrogen) atoms. The largest absolute Gasteiger partial charge is 0.382 e. The minimum absolute atomic E-state index is 0.0496. The lowest BCUT2D eigenvalue weighted by Crippen LogP contribution is -2.22. The fraction of sp³-hybridized carbons (Fsp3) is 0.346. The molecule has 3 aromatic heterocycles. The maximum Gasteiger partial charge on any atom is 0.238 e. The van der Waals surface area contributed by atoms with E-state index in [1.54, 1.807) is 24.6 Å². The molecule has 0 saturated heterocycles. The third-order valence-electron chi connectivity index (χ3n) is 6.52. The number of nitrogen functional groups attached to an aromatic ring is 1. The highest BCUT2D eigenvalue weighted by atomic mass is 32.2. The first-order valence-corrected chi connectivity index (χ1v) is 14.9. The van der Waals surface area contributed by atoms with Gasteiger partial charge in [0.15, 0.2) is 0 Å². The third kappa shape index (κ3) is 5.16. The Bertz CT molecular complexity index is 1660. The molecule has 0 fully saturated rings. The zero-order valence-electron chi connectivity index (χ0n) is 21.4. The fourth-order valence-corrected chi connectivity index (χ4v) is 6.52. The number of nitrogens with two attached hydrogens (primary N) is 2. The van der Waals surface area contributed by atoms with Crippen molar-refractivity contribution in [3.05, 3.63) is 63.9 Å². The Morgan fingerprint density at radius 3 is 2.71 bits per heavy atom. The number of aryl methyl sites for hydroxylation is 1. The summed E-state index contributed by atoms with van der Waals surface area (Å²) in [5, 5.41) is 2.44. The molecule has 1 aromatic carbocycles. The van der Waals surface area contributed by atoms with Crippen molar-refractivity contribution in [2.45, 2.75) is 57.7 Å². The van der Waals surface area contributed by atoms with Crippen LogP contribution in [0.5, 0.6) is 0 Å². The van der Waals surface area contributed by atoms with Crippen molar-refractivity contribution in [3.63, 3.8) is 0 Å². The van der Waals surface area contributed by atoms with Crippen LogP contribution < -0.4 is 16.2 Å². The standard InChI is InChI=1S/C26H30FN7O2S2/c1-14(2)26-32-23(24-25(29)30-11-22(34(24)26)16-4-7-18(28)8-5-16)17-6-9-21(20(27)10-17)33-38(35,36)13-19-12-37-15(3)31-19/h4,6,9-12,14,18,33H,5,7-8,13,28H2,1-3H3,(H2,29,30)/t18-/m0/s1. The van der Waals surface area contributed by atoms with Crippen LogP contribution in [-0.2, 0) is 15.8 Å². The van der Waals surface area contributed by atoms with E-state index in [1.165, 1.54) is 23.5 Å². The summed E-state index contributed by atoms with van der Waals surface area (Å²) in [5.74, 6) is 0.0415. The lowest BCUT2D eigenvalue weighted by atomic mass is 9.94. The van der Waals surface area contributed by atoms with Crippen LogP contribution in [0.4, 0.5) is 15.9 Å². The van der Waals surface area contributed by atoms with Crippen LogP contribution in [0.3, 0.4) is 0 Å². The normalized spacial score (nSPS) is 16.3. The van der Waals surface area contributed by atoms with Gasteiger partial charge < -0.3 is 11.5 Å². The van der Waals surface area contributed by atoms with Gasteiger partial charge in [0, 0.05) is 22.9 Å². The van der Waals surface area contributed by atoms with Crippen LogP contribution >= 0.6 is 11.3 Å². The lowest BCUT2D eigenvalue weighted by Gasteiger charge is -2.20. The second-order valence-corrected chi connectivity index (χ2v) is 12.6. The zero-order chi connectivity index (χ0) is 27.2. The number of allylic oxidation sites excluding steroid dienone is 1. The summed E-state index contributed by atoms with van der Waals surface area (Å²) in [6, 6.07) is 4.43. The number of hydrogen-bond acceptors (Lipinski definition) is 8. The first-order chi connectivity index (χ1) is 18.0. The SMILES string of the molecule is Cc1nc(CS(=O)(=O)Nc2ccc(-c3nc(C(C)C)n4c(C5=CC[C@H](N)CC5)cnc(N)c34)cc2F)cs1. The molecule has 0 bridgehead atoms. The van der Waals surface area contributed by atoms with E-state index in [2.05, 4.69) is 20.8 Å². The molecule has 5 N–H and O–H groups in total. The van der Waals surface area contributed by atoms with Gasteiger partial charge in [-0.05, 0) is 43.9 Å². The van der Waals surface area contributed by atoms with E-state index in [1.807, 2.05) is 18.2 Å². The van der Waals surface area contributed by atoms with Crippen molar-refractivity contribution in [1.82, 2.24) is 19.4 Å². The number of sulfonamides is 1. The molecule has 0 amide bonds. The molecule has 0 spiro atoms. The number of aromatic nitrogens is 4. The Balaban J connectivity index is 1.54. The Labute approximate surface area is 224 Å². The van der Waals surface area contributed by atoms with Gasteiger partial charge in [0.2, 0.25) is 10.0 Å². The van der Waals surface area contributed by atoms with Crippen molar-refractivity contribution in [1.29, 1.82) is 0 Å². The smallest absolute Gasteiger partial charge is 0.238 e. The molecule has 200 valence electrons. The molecule has 3 heterocycles. The van der Waals surface area contributed by atoms with E-state index >= 15 is 4.39 Å². The number of halogens is 1. The van der Waals surface area contributed by atoms with Crippen molar-refractivity contribution in [2.75, 3.05) is 10.5 Å². The van der Waals surface area contributed by atoms with Gasteiger partial charge in [-0.1, -0.05) is 26.0 Å². The molecule has 0 saturated carbocycles. The molecule has 1 aliphatic carbocycles. The minimum atomic E-state index is -3.86. The molecular weight excluding hydrogens is 525 g/mol. The molecule has 0 radical (unpaired) electrons. The Kier molecular flexibility index (Phi) is 6.97. The van der Waals surface area contributed by atoms with Crippen LogP contribution in [0.15, 0.2) is 35.9 Å². The molecular formula is C26H30FN7O2S2. The van der Waals surface area contributed by atoms with Crippen LogP contribution in [0, 0.1) is 12.7 Å². The number of rotatable bonds is 7. The Hall–Kier alpha value is -3.35. The van der Waals surface area contributed by atoms with E-state index in [-0.39, 0.29) is 29.2 Å². The Morgan fingerprint density at radius 2 is 2.08 bits per heavy atom. The van der Waals surface area contributed by atoms with Gasteiger partial charge in [0.05, 0.1) is 28.3 Å². The maximum absolute atomic E-state index is 15.2. The van der Waals surface area contributed by atoms with Crippen molar-refractivity contribution in [2.24, 2.45) is 5.73 Å². The molecule has 0 aliphatic heterocycles. The van der Waals surface area contributed by atoms with Crippen molar-refractivity contribution >= 4 is 44.0 Å². The number of hydrogen-bond donors (Lipinski definition) is 3. The minimum Gasteiger partial charge on any atom is -0.382 e. The number of anilines is 2. The second-order valence-electron chi connectivity index (χ2n) is 9.86. The molecule has 4 aromatic rings. The van der Waals surface area contributed by atoms with Crippen LogP contribution in [0.1, 0.15) is 61.2 Å². The molecule has 0 unspecified atom stereocenters. The summed E-state index contributed by atoms with van der Waals surface area (Å²) in [6.45, 7) is 5.86. The lowest BCUT2D eigenvalue weighted by molar-refractivity contribution is 0.597. The molecule has 12 heteroatoms.